The Morgan fingerprint density at radius 3 is 2.91 bits per heavy atom. The number of hydrogen-bond donors (Lipinski definition) is 1. The zero-order chi connectivity index (χ0) is 16.4. The molecule has 3 rings (SSSR count). The first-order valence-corrected chi connectivity index (χ1v) is 8.72. The van der Waals surface area contributed by atoms with Crippen molar-refractivity contribution >= 4 is 5.84 Å². The van der Waals surface area contributed by atoms with Gasteiger partial charge in [-0.1, -0.05) is 26.0 Å². The molecule has 1 N–H and O–H groups in total. The Hall–Kier alpha value is -1.55. The lowest BCUT2D eigenvalue weighted by Gasteiger charge is -2.40. The Bertz CT molecular complexity index is 573. The molecular formula is C19H29N3O. The summed E-state index contributed by atoms with van der Waals surface area (Å²) in [6, 6.07) is 0. The number of methoxy groups -OCH3 is 1. The van der Waals surface area contributed by atoms with Gasteiger partial charge in [-0.2, -0.15) is 0 Å². The van der Waals surface area contributed by atoms with Crippen molar-refractivity contribution in [1.29, 1.82) is 0 Å². The fraction of sp³-hybridized carbons (Fsp3) is 0.632. The summed E-state index contributed by atoms with van der Waals surface area (Å²) < 4.78 is 5.22. The van der Waals surface area contributed by atoms with Gasteiger partial charge in [0.15, 0.2) is 0 Å². The van der Waals surface area contributed by atoms with Crippen LogP contribution in [0.1, 0.15) is 33.6 Å². The van der Waals surface area contributed by atoms with Crippen molar-refractivity contribution in [3.05, 3.63) is 35.8 Å². The van der Waals surface area contributed by atoms with E-state index in [2.05, 4.69) is 49.3 Å². The molecule has 0 saturated heterocycles. The Morgan fingerprint density at radius 2 is 2.26 bits per heavy atom. The molecular weight excluding hydrogens is 286 g/mol. The molecule has 0 aromatic carbocycles. The van der Waals surface area contributed by atoms with Gasteiger partial charge in [-0.25, -0.2) is 4.99 Å². The molecule has 2 atom stereocenters. The number of ether oxygens (including phenoxy) is 1. The van der Waals surface area contributed by atoms with Crippen molar-refractivity contribution in [2.75, 3.05) is 26.8 Å². The Labute approximate surface area is 140 Å². The maximum atomic E-state index is 5.22. The number of amidine groups is 1. The predicted molar refractivity (Wildman–Crippen MR) is 95.0 cm³/mol. The van der Waals surface area contributed by atoms with Crippen LogP contribution in [0.3, 0.4) is 0 Å². The van der Waals surface area contributed by atoms with Crippen LogP contribution >= 0.6 is 0 Å². The molecule has 2 unspecified atom stereocenters. The lowest BCUT2D eigenvalue weighted by Crippen LogP contribution is -2.44. The van der Waals surface area contributed by atoms with Crippen molar-refractivity contribution in [3.8, 4) is 0 Å². The minimum atomic E-state index is -0.00155. The quantitative estimate of drug-likeness (QED) is 0.698. The lowest BCUT2D eigenvalue weighted by molar-refractivity contribution is 0.189. The third kappa shape index (κ3) is 3.09. The van der Waals surface area contributed by atoms with Crippen molar-refractivity contribution in [1.82, 2.24) is 10.2 Å². The topological polar surface area (TPSA) is 36.9 Å². The molecule has 0 spiro atoms. The molecule has 2 heterocycles. The van der Waals surface area contributed by atoms with E-state index in [1.165, 1.54) is 17.1 Å². The van der Waals surface area contributed by atoms with Crippen LogP contribution in [0.25, 0.3) is 0 Å². The zero-order valence-electron chi connectivity index (χ0n) is 14.8. The van der Waals surface area contributed by atoms with E-state index in [-0.39, 0.29) is 5.41 Å². The third-order valence-electron chi connectivity index (χ3n) is 5.25. The van der Waals surface area contributed by atoms with E-state index in [0.29, 0.717) is 11.8 Å². The second kappa shape index (κ2) is 6.52. The zero-order valence-corrected chi connectivity index (χ0v) is 14.8. The summed E-state index contributed by atoms with van der Waals surface area (Å²) in [4.78, 5) is 7.12. The summed E-state index contributed by atoms with van der Waals surface area (Å²) >= 11 is 0. The maximum absolute atomic E-state index is 5.22. The Kier molecular flexibility index (Phi) is 4.62. The van der Waals surface area contributed by atoms with E-state index >= 15 is 0 Å². The number of nitrogens with one attached hydrogen (secondary N) is 1. The highest BCUT2D eigenvalue weighted by atomic mass is 16.5. The summed E-state index contributed by atoms with van der Waals surface area (Å²) in [7, 11) is 1.76. The largest absolute Gasteiger partial charge is 0.385 e. The number of nitrogens with zero attached hydrogens (tertiary/aromatic N) is 2. The number of aliphatic imine (C=N–C) groups is 1. The highest BCUT2D eigenvalue weighted by Gasteiger charge is 2.49. The molecule has 23 heavy (non-hydrogen) atoms. The first-order valence-electron chi connectivity index (χ1n) is 8.72. The normalized spacial score (nSPS) is 28.5. The first-order chi connectivity index (χ1) is 11.1. The highest BCUT2D eigenvalue weighted by Crippen LogP contribution is 2.48. The van der Waals surface area contributed by atoms with Gasteiger partial charge in [0.05, 0.1) is 5.41 Å². The highest BCUT2D eigenvalue weighted by molar-refractivity contribution is 5.96. The molecule has 4 nitrogen and oxygen atoms in total. The number of fused-ring (bicyclic) bond motifs is 1. The van der Waals surface area contributed by atoms with Gasteiger partial charge < -0.3 is 15.0 Å². The summed E-state index contributed by atoms with van der Waals surface area (Å²) in [5.41, 5.74) is 2.82. The molecule has 0 bridgehead atoms. The van der Waals surface area contributed by atoms with Gasteiger partial charge in [-0.3, -0.25) is 0 Å². The number of hydrogen-bond acceptors (Lipinski definition) is 4. The van der Waals surface area contributed by atoms with Gasteiger partial charge in [0.2, 0.25) is 0 Å². The van der Waals surface area contributed by atoms with Crippen molar-refractivity contribution in [2.24, 2.45) is 22.2 Å². The number of allylic oxidation sites excluding steroid dienone is 3. The molecule has 0 aromatic heterocycles. The van der Waals surface area contributed by atoms with E-state index in [4.69, 9.17) is 9.73 Å². The molecule has 0 aromatic rings. The molecule has 126 valence electrons. The van der Waals surface area contributed by atoms with Crippen LogP contribution in [0, 0.1) is 17.3 Å². The molecule has 0 saturated carbocycles. The van der Waals surface area contributed by atoms with E-state index in [0.717, 1.165) is 32.5 Å². The van der Waals surface area contributed by atoms with Gasteiger partial charge in [0.1, 0.15) is 5.84 Å². The molecule has 2 aliphatic heterocycles. The monoisotopic (exact) mass is 315 g/mol. The molecule has 3 aliphatic rings. The predicted octanol–water partition coefficient (Wildman–Crippen LogP) is 3.30. The van der Waals surface area contributed by atoms with Gasteiger partial charge in [-0.05, 0) is 30.8 Å². The van der Waals surface area contributed by atoms with E-state index < -0.39 is 0 Å². The second-order valence-corrected chi connectivity index (χ2v) is 7.25. The first kappa shape index (κ1) is 16.3. The van der Waals surface area contributed by atoms with Gasteiger partial charge in [-0.15, -0.1) is 0 Å². The third-order valence-corrected chi connectivity index (χ3v) is 5.25. The smallest absolute Gasteiger partial charge is 0.119 e. The van der Waals surface area contributed by atoms with Crippen LogP contribution in [0.15, 0.2) is 40.8 Å². The lowest BCUT2D eigenvalue weighted by atomic mass is 9.66. The van der Waals surface area contributed by atoms with Crippen LogP contribution in [-0.4, -0.2) is 37.5 Å². The van der Waals surface area contributed by atoms with Crippen LogP contribution in [0.2, 0.25) is 0 Å². The fourth-order valence-corrected chi connectivity index (χ4v) is 3.87. The Balaban J connectivity index is 1.83. The van der Waals surface area contributed by atoms with E-state index in [1.54, 1.807) is 7.11 Å². The molecule has 0 radical (unpaired) electrons. The average Bonchev–Trinajstić information content (AvgIpc) is 3.29. The standard InChI is InChI=1S/C19H29N3O/c1-14(2)17-8-9-20-18-19(17,3)15(12-21-16-6-7-16)13-22(18)10-5-11-23-4/h6,8-9,13-14,17,21H,5,7,10-12H2,1-4H3. The molecule has 4 heteroatoms. The summed E-state index contributed by atoms with van der Waals surface area (Å²) in [5.74, 6) is 2.28. The summed E-state index contributed by atoms with van der Waals surface area (Å²) in [6.45, 7) is 9.66. The Morgan fingerprint density at radius 1 is 1.48 bits per heavy atom. The van der Waals surface area contributed by atoms with Gasteiger partial charge >= 0.3 is 0 Å². The minimum Gasteiger partial charge on any atom is -0.385 e. The van der Waals surface area contributed by atoms with E-state index in [9.17, 15) is 0 Å². The maximum Gasteiger partial charge on any atom is 0.119 e. The number of rotatable bonds is 8. The minimum absolute atomic E-state index is 0.00155. The van der Waals surface area contributed by atoms with Crippen LogP contribution in [-0.2, 0) is 4.74 Å². The van der Waals surface area contributed by atoms with Crippen molar-refractivity contribution in [2.45, 2.75) is 33.6 Å². The van der Waals surface area contributed by atoms with Crippen LogP contribution in [0.4, 0.5) is 0 Å². The summed E-state index contributed by atoms with van der Waals surface area (Å²) in [6.07, 6.45) is 11.0. The van der Waals surface area contributed by atoms with Gasteiger partial charge in [0.25, 0.3) is 0 Å². The van der Waals surface area contributed by atoms with Crippen LogP contribution in [0.5, 0.6) is 0 Å². The SMILES string of the molecule is COCCCN1C=C(CNC2=CC2)C2(C)C1=NC=CC2C(C)C. The fourth-order valence-electron chi connectivity index (χ4n) is 3.87. The average molecular weight is 315 g/mol. The van der Waals surface area contributed by atoms with Crippen LogP contribution < -0.4 is 5.32 Å². The summed E-state index contributed by atoms with van der Waals surface area (Å²) in [5, 5.41) is 3.57. The van der Waals surface area contributed by atoms with E-state index in [1.807, 2.05) is 6.20 Å². The molecule has 0 fully saturated rings. The molecule has 0 amide bonds. The second-order valence-electron chi connectivity index (χ2n) is 7.25. The van der Waals surface area contributed by atoms with Crippen molar-refractivity contribution < 1.29 is 4.74 Å². The van der Waals surface area contributed by atoms with Gasteiger partial charge in [0, 0.05) is 51.3 Å². The van der Waals surface area contributed by atoms with Crippen molar-refractivity contribution in [3.63, 3.8) is 0 Å². The molecule has 1 aliphatic carbocycles.